The molecule has 4 heterocycles. The zero-order valence-corrected chi connectivity index (χ0v) is 18.0. The van der Waals surface area contributed by atoms with Crippen molar-refractivity contribution in [2.75, 3.05) is 32.1 Å². The van der Waals surface area contributed by atoms with Crippen molar-refractivity contribution in [3.8, 4) is 0 Å². The van der Waals surface area contributed by atoms with Crippen LogP contribution in [0.25, 0.3) is 11.1 Å². The van der Waals surface area contributed by atoms with Crippen LogP contribution >= 0.6 is 0 Å². The molecule has 0 N–H and O–H groups in total. The number of halogens is 3. The van der Waals surface area contributed by atoms with Crippen LogP contribution in [0.3, 0.4) is 0 Å². The number of pyridine rings is 1. The van der Waals surface area contributed by atoms with E-state index in [2.05, 4.69) is 20.1 Å². The molecule has 1 saturated heterocycles. The molecule has 0 radical (unpaired) electrons. The average molecular weight is 448 g/mol. The molecule has 4 rings (SSSR count). The van der Waals surface area contributed by atoms with Crippen molar-refractivity contribution in [3.05, 3.63) is 41.0 Å². The number of carbonyl (C=O) groups is 1. The highest BCUT2D eigenvalue weighted by molar-refractivity contribution is 5.94. The van der Waals surface area contributed by atoms with Crippen molar-refractivity contribution < 1.29 is 22.5 Å². The molecule has 0 saturated carbocycles. The smallest absolute Gasteiger partial charge is 0.347 e. The second-order valence-corrected chi connectivity index (χ2v) is 8.02. The van der Waals surface area contributed by atoms with E-state index in [0.29, 0.717) is 37.3 Å². The molecule has 32 heavy (non-hydrogen) atoms. The van der Waals surface area contributed by atoms with Crippen molar-refractivity contribution in [2.45, 2.75) is 38.3 Å². The molecule has 1 fully saturated rings. The Hall–Kier alpha value is -3.24. The lowest BCUT2D eigenvalue weighted by Gasteiger charge is -2.32. The van der Waals surface area contributed by atoms with E-state index in [1.54, 1.807) is 30.8 Å². The van der Waals surface area contributed by atoms with Crippen molar-refractivity contribution in [1.82, 2.24) is 25.0 Å². The summed E-state index contributed by atoms with van der Waals surface area (Å²) < 4.78 is 46.6. The molecule has 1 aliphatic rings. The van der Waals surface area contributed by atoms with Crippen LogP contribution in [0.2, 0.25) is 0 Å². The van der Waals surface area contributed by atoms with Gasteiger partial charge in [0.15, 0.2) is 0 Å². The molecule has 3 aromatic heterocycles. The van der Waals surface area contributed by atoms with Crippen LogP contribution in [0.4, 0.5) is 19.1 Å². The summed E-state index contributed by atoms with van der Waals surface area (Å²) in [7, 11) is 3.59. The summed E-state index contributed by atoms with van der Waals surface area (Å²) in [6.07, 6.45) is -0.0937. The van der Waals surface area contributed by atoms with Crippen LogP contribution in [0.1, 0.15) is 53.0 Å². The summed E-state index contributed by atoms with van der Waals surface area (Å²) in [5.74, 6) is -0.188. The molecular weight excluding hydrogens is 425 g/mol. The van der Waals surface area contributed by atoms with E-state index in [4.69, 9.17) is 4.52 Å². The first-order valence-corrected chi connectivity index (χ1v) is 10.3. The highest BCUT2D eigenvalue weighted by atomic mass is 19.4. The monoisotopic (exact) mass is 448 g/mol. The molecule has 8 nitrogen and oxygen atoms in total. The number of anilines is 1. The van der Waals surface area contributed by atoms with E-state index in [1.165, 1.54) is 12.4 Å². The summed E-state index contributed by atoms with van der Waals surface area (Å²) >= 11 is 0. The number of amides is 1. The molecule has 1 atom stereocenters. The van der Waals surface area contributed by atoms with Gasteiger partial charge in [-0.1, -0.05) is 12.1 Å². The maximum absolute atomic E-state index is 13.8. The van der Waals surface area contributed by atoms with Crippen molar-refractivity contribution in [1.29, 1.82) is 0 Å². The van der Waals surface area contributed by atoms with E-state index in [9.17, 15) is 18.0 Å². The average Bonchev–Trinajstić information content (AvgIpc) is 3.21. The third kappa shape index (κ3) is 4.11. The van der Waals surface area contributed by atoms with Gasteiger partial charge in [0.05, 0.1) is 22.2 Å². The topological polar surface area (TPSA) is 88.3 Å². The standard InChI is InChI=1S/C21H23F3N6O2/c1-4-14-8-15(21(22,23)24)16-17(28-32-18(16)27-14)12-6-5-7-30(11-12)19(31)13-9-25-20(26-10-13)29(2)3/h8-10,12H,4-7,11H2,1-3H3/t12-/m1/s1. The quantitative estimate of drug-likeness (QED) is 0.602. The second kappa shape index (κ2) is 8.36. The van der Waals surface area contributed by atoms with Gasteiger partial charge in [-0.15, -0.1) is 0 Å². The van der Waals surface area contributed by atoms with Gasteiger partial charge in [0, 0.05) is 51.2 Å². The molecule has 0 aromatic carbocycles. The Morgan fingerprint density at radius 3 is 2.62 bits per heavy atom. The number of alkyl halides is 3. The fourth-order valence-electron chi connectivity index (χ4n) is 3.94. The highest BCUT2D eigenvalue weighted by Gasteiger charge is 2.38. The van der Waals surface area contributed by atoms with Crippen molar-refractivity contribution >= 4 is 23.0 Å². The van der Waals surface area contributed by atoms with Gasteiger partial charge in [0.1, 0.15) is 0 Å². The van der Waals surface area contributed by atoms with Crippen LogP contribution in [-0.4, -0.2) is 58.1 Å². The summed E-state index contributed by atoms with van der Waals surface area (Å²) in [5.41, 5.74) is -0.116. The summed E-state index contributed by atoms with van der Waals surface area (Å²) in [6, 6.07) is 1.05. The number of nitrogens with zero attached hydrogens (tertiary/aromatic N) is 6. The Labute approximate surface area is 182 Å². The number of likely N-dealkylation sites (tertiary alicyclic amines) is 1. The lowest BCUT2D eigenvalue weighted by atomic mass is 9.91. The third-order valence-electron chi connectivity index (χ3n) is 5.57. The van der Waals surface area contributed by atoms with E-state index in [-0.39, 0.29) is 34.9 Å². The number of carbonyl (C=O) groups excluding carboxylic acids is 1. The van der Waals surface area contributed by atoms with Gasteiger partial charge < -0.3 is 14.3 Å². The first-order valence-electron chi connectivity index (χ1n) is 10.3. The summed E-state index contributed by atoms with van der Waals surface area (Å²) in [4.78, 5) is 28.8. The van der Waals surface area contributed by atoms with Crippen LogP contribution in [0, 0.1) is 0 Å². The van der Waals surface area contributed by atoms with Crippen molar-refractivity contribution in [2.24, 2.45) is 0 Å². The first kappa shape index (κ1) is 22.0. The third-order valence-corrected chi connectivity index (χ3v) is 5.57. The lowest BCUT2D eigenvalue weighted by molar-refractivity contribution is -0.136. The highest BCUT2D eigenvalue weighted by Crippen LogP contribution is 2.40. The van der Waals surface area contributed by atoms with Crippen LogP contribution in [0.5, 0.6) is 0 Å². The van der Waals surface area contributed by atoms with Crippen LogP contribution in [-0.2, 0) is 12.6 Å². The zero-order valence-electron chi connectivity index (χ0n) is 18.0. The van der Waals surface area contributed by atoms with Crippen LogP contribution < -0.4 is 4.90 Å². The molecule has 3 aromatic rings. The molecule has 0 unspecified atom stereocenters. The number of fused-ring (bicyclic) bond motifs is 1. The summed E-state index contributed by atoms with van der Waals surface area (Å²) in [6.45, 7) is 2.44. The molecule has 11 heteroatoms. The summed E-state index contributed by atoms with van der Waals surface area (Å²) in [5, 5.41) is 3.84. The Morgan fingerprint density at radius 1 is 1.28 bits per heavy atom. The number of aromatic nitrogens is 4. The molecule has 0 aliphatic carbocycles. The SMILES string of the molecule is CCc1cc(C(F)(F)F)c2c([C@@H]3CCCN(C(=O)c4cnc(N(C)C)nc4)C3)noc2n1. The fraction of sp³-hybridized carbons (Fsp3) is 0.476. The minimum atomic E-state index is -4.57. The van der Waals surface area contributed by atoms with Gasteiger partial charge in [0.2, 0.25) is 5.95 Å². The molecular formula is C21H23F3N6O2. The number of aryl methyl sites for hydroxylation is 1. The maximum atomic E-state index is 13.8. The second-order valence-electron chi connectivity index (χ2n) is 8.02. The zero-order chi connectivity index (χ0) is 23.0. The molecule has 1 amide bonds. The molecule has 0 bridgehead atoms. The Balaban J connectivity index is 1.64. The van der Waals surface area contributed by atoms with Gasteiger partial charge in [-0.25, -0.2) is 15.0 Å². The minimum Gasteiger partial charge on any atom is -0.347 e. The van der Waals surface area contributed by atoms with Gasteiger partial charge in [-0.05, 0) is 25.3 Å². The lowest BCUT2D eigenvalue weighted by Crippen LogP contribution is -2.39. The fourth-order valence-corrected chi connectivity index (χ4v) is 3.94. The maximum Gasteiger partial charge on any atom is 0.417 e. The predicted octanol–water partition coefficient (Wildman–Crippen LogP) is 3.68. The van der Waals surface area contributed by atoms with Crippen molar-refractivity contribution in [3.63, 3.8) is 0 Å². The molecule has 0 spiro atoms. The van der Waals surface area contributed by atoms with Gasteiger partial charge in [-0.2, -0.15) is 13.2 Å². The Kier molecular flexibility index (Phi) is 5.74. The Morgan fingerprint density at radius 2 is 2.00 bits per heavy atom. The number of hydrogen-bond acceptors (Lipinski definition) is 7. The first-order chi connectivity index (χ1) is 15.2. The molecule has 170 valence electrons. The normalized spacial score (nSPS) is 17.1. The Bertz CT molecular complexity index is 1130. The minimum absolute atomic E-state index is 0.118. The van der Waals surface area contributed by atoms with E-state index in [1.807, 2.05) is 0 Å². The van der Waals surface area contributed by atoms with Gasteiger partial charge in [-0.3, -0.25) is 4.79 Å². The van der Waals surface area contributed by atoms with Crippen LogP contribution in [0.15, 0.2) is 23.0 Å². The van der Waals surface area contributed by atoms with Gasteiger partial charge in [0.25, 0.3) is 11.6 Å². The van der Waals surface area contributed by atoms with E-state index in [0.717, 1.165) is 6.07 Å². The van der Waals surface area contributed by atoms with E-state index >= 15 is 0 Å². The molecule has 1 aliphatic heterocycles. The predicted molar refractivity (Wildman–Crippen MR) is 110 cm³/mol. The largest absolute Gasteiger partial charge is 0.417 e. The number of rotatable bonds is 4. The number of piperidine rings is 1. The number of hydrogen-bond donors (Lipinski definition) is 0. The van der Waals surface area contributed by atoms with Gasteiger partial charge >= 0.3 is 6.18 Å². The van der Waals surface area contributed by atoms with E-state index < -0.39 is 17.7 Å².